The maximum atomic E-state index is 12.5. The molecule has 10 heteroatoms. The van der Waals surface area contributed by atoms with Crippen LogP contribution in [0, 0.1) is 6.92 Å². The van der Waals surface area contributed by atoms with Crippen LogP contribution in [0.4, 0.5) is 17.3 Å². The molecule has 0 saturated carbocycles. The first-order chi connectivity index (χ1) is 17.6. The van der Waals surface area contributed by atoms with E-state index in [9.17, 15) is 9.59 Å². The van der Waals surface area contributed by atoms with E-state index in [1.54, 1.807) is 36.5 Å². The molecule has 0 saturated heterocycles. The number of pyridine rings is 1. The number of nitrogens with zero attached hydrogens (tertiary/aromatic N) is 3. The summed E-state index contributed by atoms with van der Waals surface area (Å²) < 4.78 is 10.9. The average Bonchev–Trinajstić information content (AvgIpc) is 3.08. The number of aryl methyl sites for hydroxylation is 1. The number of amides is 1. The molecule has 0 radical (unpaired) electrons. The van der Waals surface area contributed by atoms with Gasteiger partial charge in [-0.05, 0) is 64.5 Å². The fourth-order valence-corrected chi connectivity index (χ4v) is 3.73. The zero-order chi connectivity index (χ0) is 26.6. The van der Waals surface area contributed by atoms with Gasteiger partial charge in [0.2, 0.25) is 5.88 Å². The molecule has 1 amide bonds. The summed E-state index contributed by atoms with van der Waals surface area (Å²) in [6, 6.07) is 8.84. The van der Waals surface area contributed by atoms with E-state index < -0.39 is 0 Å². The van der Waals surface area contributed by atoms with Gasteiger partial charge in [0.15, 0.2) is 0 Å². The van der Waals surface area contributed by atoms with Crippen LogP contribution in [0.5, 0.6) is 11.6 Å². The van der Waals surface area contributed by atoms with Crippen molar-refractivity contribution in [2.75, 3.05) is 24.3 Å². The Hall–Kier alpha value is -4.47. The molecule has 0 fully saturated rings. The van der Waals surface area contributed by atoms with Crippen molar-refractivity contribution in [2.45, 2.75) is 39.7 Å². The molecule has 3 aromatic rings. The number of hydrogen-bond acceptors (Lipinski definition) is 9. The smallest absolute Gasteiger partial charge is 0.333 e. The van der Waals surface area contributed by atoms with Gasteiger partial charge in [-0.3, -0.25) is 4.79 Å². The molecule has 3 heterocycles. The van der Waals surface area contributed by atoms with Crippen LogP contribution in [0.15, 0.2) is 48.4 Å². The van der Waals surface area contributed by atoms with E-state index in [0.29, 0.717) is 58.6 Å². The molecule has 0 atom stereocenters. The van der Waals surface area contributed by atoms with Gasteiger partial charge in [0.1, 0.15) is 23.7 Å². The zero-order valence-electron chi connectivity index (χ0n) is 21.5. The fourth-order valence-electron chi connectivity index (χ4n) is 3.73. The SMILES string of the molecule is COC(=O)C1=Cc2c(ncnc2Nc2cnc(Oc3cccc(C(=O)NC(C)(C)C)c3)c(C)c2)NCC1. The number of carbonyl (C=O) groups is 2. The number of esters is 1. The average molecular weight is 503 g/mol. The third-order valence-corrected chi connectivity index (χ3v) is 5.43. The number of nitrogens with one attached hydrogen (secondary N) is 3. The van der Waals surface area contributed by atoms with Crippen molar-refractivity contribution in [3.8, 4) is 11.6 Å². The van der Waals surface area contributed by atoms with Crippen molar-refractivity contribution in [2.24, 2.45) is 0 Å². The maximum Gasteiger partial charge on any atom is 0.333 e. The van der Waals surface area contributed by atoms with Gasteiger partial charge < -0.3 is 25.4 Å². The molecule has 37 heavy (non-hydrogen) atoms. The van der Waals surface area contributed by atoms with Gasteiger partial charge in [-0.1, -0.05) is 6.07 Å². The number of ether oxygens (including phenoxy) is 2. The van der Waals surface area contributed by atoms with Crippen molar-refractivity contribution < 1.29 is 19.1 Å². The van der Waals surface area contributed by atoms with Crippen molar-refractivity contribution in [3.63, 3.8) is 0 Å². The summed E-state index contributed by atoms with van der Waals surface area (Å²) in [5.41, 5.74) is 2.80. The lowest BCUT2D eigenvalue weighted by Gasteiger charge is -2.20. The second-order valence-electron chi connectivity index (χ2n) is 9.63. The van der Waals surface area contributed by atoms with E-state index in [1.165, 1.54) is 13.4 Å². The van der Waals surface area contributed by atoms with Crippen LogP contribution in [-0.4, -0.2) is 46.0 Å². The summed E-state index contributed by atoms with van der Waals surface area (Å²) in [6.45, 7) is 8.21. The molecule has 1 aliphatic heterocycles. The van der Waals surface area contributed by atoms with E-state index in [0.717, 1.165) is 5.56 Å². The minimum Gasteiger partial charge on any atom is -0.466 e. The summed E-state index contributed by atoms with van der Waals surface area (Å²) >= 11 is 0. The molecule has 0 bridgehead atoms. The molecule has 2 aromatic heterocycles. The van der Waals surface area contributed by atoms with Crippen LogP contribution in [0.1, 0.15) is 48.7 Å². The first kappa shape index (κ1) is 25.6. The van der Waals surface area contributed by atoms with Gasteiger partial charge >= 0.3 is 5.97 Å². The number of methoxy groups -OCH3 is 1. The van der Waals surface area contributed by atoms with Crippen LogP contribution in [0.2, 0.25) is 0 Å². The number of hydrogen-bond donors (Lipinski definition) is 3. The van der Waals surface area contributed by atoms with E-state index in [-0.39, 0.29) is 17.4 Å². The monoisotopic (exact) mass is 502 g/mol. The molecule has 0 spiro atoms. The number of benzene rings is 1. The number of anilines is 3. The zero-order valence-corrected chi connectivity index (χ0v) is 21.5. The summed E-state index contributed by atoms with van der Waals surface area (Å²) in [5, 5.41) is 9.42. The van der Waals surface area contributed by atoms with Crippen LogP contribution in [0.3, 0.4) is 0 Å². The summed E-state index contributed by atoms with van der Waals surface area (Å²) in [6.07, 6.45) is 5.33. The molecule has 3 N–H and O–H groups in total. The molecule has 1 aromatic carbocycles. The van der Waals surface area contributed by atoms with E-state index in [1.807, 2.05) is 33.8 Å². The predicted octanol–water partition coefficient (Wildman–Crippen LogP) is 4.62. The van der Waals surface area contributed by atoms with Gasteiger partial charge in [0.25, 0.3) is 5.91 Å². The molecular weight excluding hydrogens is 472 g/mol. The van der Waals surface area contributed by atoms with Gasteiger partial charge in [0, 0.05) is 28.8 Å². The van der Waals surface area contributed by atoms with Crippen LogP contribution in [0.25, 0.3) is 6.08 Å². The number of carbonyl (C=O) groups excluding carboxylic acids is 2. The lowest BCUT2D eigenvalue weighted by molar-refractivity contribution is -0.136. The first-order valence-electron chi connectivity index (χ1n) is 11.8. The van der Waals surface area contributed by atoms with Gasteiger partial charge in [-0.15, -0.1) is 0 Å². The quantitative estimate of drug-likeness (QED) is 0.414. The first-order valence-corrected chi connectivity index (χ1v) is 11.8. The summed E-state index contributed by atoms with van der Waals surface area (Å²) in [5.74, 6) is 1.50. The third-order valence-electron chi connectivity index (χ3n) is 5.43. The Kier molecular flexibility index (Phi) is 7.37. The summed E-state index contributed by atoms with van der Waals surface area (Å²) in [7, 11) is 1.36. The van der Waals surface area contributed by atoms with Gasteiger partial charge in [0.05, 0.1) is 24.6 Å². The van der Waals surface area contributed by atoms with E-state index >= 15 is 0 Å². The van der Waals surface area contributed by atoms with Gasteiger partial charge in [-0.2, -0.15) is 0 Å². The highest BCUT2D eigenvalue weighted by molar-refractivity contribution is 5.96. The van der Waals surface area contributed by atoms with Crippen molar-refractivity contribution in [1.29, 1.82) is 0 Å². The normalized spacial score (nSPS) is 12.8. The van der Waals surface area contributed by atoms with E-state index in [4.69, 9.17) is 9.47 Å². The minimum absolute atomic E-state index is 0.176. The highest BCUT2D eigenvalue weighted by Crippen LogP contribution is 2.31. The van der Waals surface area contributed by atoms with Crippen LogP contribution in [-0.2, 0) is 9.53 Å². The van der Waals surface area contributed by atoms with Crippen molar-refractivity contribution >= 4 is 35.3 Å². The predicted molar refractivity (Wildman–Crippen MR) is 141 cm³/mol. The molecular formula is C27H30N6O4. The maximum absolute atomic E-state index is 12.5. The Bertz CT molecular complexity index is 1360. The third kappa shape index (κ3) is 6.40. The minimum atomic E-state index is -0.386. The second kappa shape index (κ2) is 10.7. The van der Waals surface area contributed by atoms with E-state index in [2.05, 4.69) is 30.9 Å². The van der Waals surface area contributed by atoms with Crippen LogP contribution < -0.4 is 20.7 Å². The summed E-state index contributed by atoms with van der Waals surface area (Å²) in [4.78, 5) is 37.8. The Morgan fingerprint density at radius 2 is 1.92 bits per heavy atom. The molecule has 0 unspecified atom stereocenters. The Labute approximate surface area is 215 Å². The number of aromatic nitrogens is 3. The van der Waals surface area contributed by atoms with Crippen LogP contribution >= 0.6 is 0 Å². The lowest BCUT2D eigenvalue weighted by atomic mass is 10.1. The highest BCUT2D eigenvalue weighted by Gasteiger charge is 2.19. The lowest BCUT2D eigenvalue weighted by Crippen LogP contribution is -2.40. The number of rotatable bonds is 6. The van der Waals surface area contributed by atoms with Gasteiger partial charge in [-0.25, -0.2) is 19.7 Å². The Balaban J connectivity index is 1.54. The molecule has 1 aliphatic rings. The van der Waals surface area contributed by atoms with Crippen molar-refractivity contribution in [1.82, 2.24) is 20.3 Å². The standard InChI is InChI=1S/C27H30N6O4/c1-16-11-19(32-23-21-13-18(26(35)36-5)9-10-28-22(21)30-15-31-23)14-29-25(16)37-20-8-6-7-17(12-20)24(34)33-27(2,3)4/h6-8,11-15H,9-10H2,1-5H3,(H,33,34)(H2,28,30,31,32). The molecule has 4 rings (SSSR count). The Morgan fingerprint density at radius 1 is 1.11 bits per heavy atom. The van der Waals surface area contributed by atoms with Crippen molar-refractivity contribution in [3.05, 3.63) is 65.1 Å². The number of fused-ring (bicyclic) bond motifs is 1. The fraction of sp³-hybridized carbons (Fsp3) is 0.296. The topological polar surface area (TPSA) is 127 Å². The highest BCUT2D eigenvalue weighted by atomic mass is 16.5. The molecule has 0 aliphatic carbocycles. The molecule has 10 nitrogen and oxygen atoms in total. The largest absolute Gasteiger partial charge is 0.466 e. The Morgan fingerprint density at radius 3 is 2.65 bits per heavy atom. The molecule has 192 valence electrons. The second-order valence-corrected chi connectivity index (χ2v) is 9.63.